The first kappa shape index (κ1) is 23.9. The van der Waals surface area contributed by atoms with Gasteiger partial charge in [-0.1, -0.05) is 35.9 Å². The van der Waals surface area contributed by atoms with Crippen molar-refractivity contribution in [2.45, 2.75) is 43.1 Å². The quantitative estimate of drug-likeness (QED) is 0.512. The third-order valence-electron chi connectivity index (χ3n) is 5.30. The number of ether oxygens (including phenoxy) is 2. The van der Waals surface area contributed by atoms with Crippen LogP contribution in [0.15, 0.2) is 59.5 Å². The molecule has 1 saturated carbocycles. The molecule has 0 amide bonds. The lowest BCUT2D eigenvalue weighted by molar-refractivity contribution is -0.143. The van der Waals surface area contributed by atoms with Crippen molar-refractivity contribution in [1.29, 1.82) is 0 Å². The zero-order valence-corrected chi connectivity index (χ0v) is 18.4. The summed E-state index contributed by atoms with van der Waals surface area (Å²) in [4.78, 5) is 23.7. The van der Waals surface area contributed by atoms with Crippen LogP contribution in [0.5, 0.6) is 0 Å². The highest BCUT2D eigenvalue weighted by molar-refractivity contribution is 7.89. The number of hydrogen-bond donors (Lipinski definition) is 3. The van der Waals surface area contributed by atoms with Gasteiger partial charge in [0, 0.05) is 12.8 Å². The predicted octanol–water partition coefficient (Wildman–Crippen LogP) is 0.782. The molecule has 3 rings (SSSR count). The Kier molecular flexibility index (Phi) is 7.29. The van der Waals surface area contributed by atoms with Crippen molar-refractivity contribution in [1.82, 2.24) is 4.72 Å². The Morgan fingerprint density at radius 3 is 2.22 bits per heavy atom. The van der Waals surface area contributed by atoms with Gasteiger partial charge in [0.1, 0.15) is 12.2 Å². The fraction of sp³-hybridized carbons (Fsp3) is 0.364. The van der Waals surface area contributed by atoms with Gasteiger partial charge in [0.25, 0.3) is 0 Å². The number of hydrogen-bond acceptors (Lipinski definition) is 8. The standard InChI is InChI=1S/C22H25NO8S/c1-13-8-10-16(11-9-13)32(28,29)23-18-17(12-30-14(2)24)19(25)21(20(18)26)31-22(27)15-6-4-3-5-7-15/h3-11,17-21,23,25-26H,12H2,1-2H3/t17-,18-,19+,20-,21-/m0/s1. The molecule has 0 heterocycles. The maximum Gasteiger partial charge on any atom is 0.338 e. The summed E-state index contributed by atoms with van der Waals surface area (Å²) in [7, 11) is -4.09. The van der Waals surface area contributed by atoms with Gasteiger partial charge >= 0.3 is 11.9 Å². The third-order valence-corrected chi connectivity index (χ3v) is 6.77. The molecule has 1 fully saturated rings. The average molecular weight is 464 g/mol. The summed E-state index contributed by atoms with van der Waals surface area (Å²) in [6.07, 6.45) is -4.50. The Labute approximate surface area is 186 Å². The molecule has 1 aliphatic rings. The summed E-state index contributed by atoms with van der Waals surface area (Å²) < 4.78 is 38.4. The van der Waals surface area contributed by atoms with Gasteiger partial charge in [-0.05, 0) is 31.2 Å². The molecule has 2 aromatic rings. The van der Waals surface area contributed by atoms with E-state index in [1.807, 2.05) is 6.92 Å². The third kappa shape index (κ3) is 5.33. The van der Waals surface area contributed by atoms with Crippen LogP contribution in [0.4, 0.5) is 0 Å². The van der Waals surface area contributed by atoms with Gasteiger partial charge < -0.3 is 19.7 Å². The summed E-state index contributed by atoms with van der Waals surface area (Å²) in [6, 6.07) is 12.7. The highest BCUT2D eigenvalue weighted by atomic mass is 32.2. The zero-order valence-electron chi connectivity index (χ0n) is 17.5. The number of carbonyl (C=O) groups is 2. The molecule has 0 aliphatic heterocycles. The Morgan fingerprint density at radius 1 is 1.00 bits per heavy atom. The molecule has 5 atom stereocenters. The minimum Gasteiger partial charge on any atom is -0.465 e. The van der Waals surface area contributed by atoms with Crippen LogP contribution in [0.3, 0.4) is 0 Å². The van der Waals surface area contributed by atoms with Crippen LogP contribution >= 0.6 is 0 Å². The van der Waals surface area contributed by atoms with Crippen molar-refractivity contribution in [2.75, 3.05) is 6.61 Å². The van der Waals surface area contributed by atoms with Gasteiger partial charge in [0.2, 0.25) is 10.0 Å². The lowest BCUT2D eigenvalue weighted by Gasteiger charge is -2.23. The molecule has 3 N–H and O–H groups in total. The molecule has 1 aliphatic carbocycles. The first-order chi connectivity index (χ1) is 15.1. The van der Waals surface area contributed by atoms with E-state index in [0.717, 1.165) is 12.5 Å². The smallest absolute Gasteiger partial charge is 0.338 e. The highest BCUT2D eigenvalue weighted by Crippen LogP contribution is 2.32. The number of aryl methyl sites for hydroxylation is 1. The van der Waals surface area contributed by atoms with Gasteiger partial charge in [0.05, 0.1) is 23.1 Å². The summed E-state index contributed by atoms with van der Waals surface area (Å²) in [6.45, 7) is 2.59. The van der Waals surface area contributed by atoms with Crippen LogP contribution in [0.25, 0.3) is 0 Å². The van der Waals surface area contributed by atoms with Crippen LogP contribution in [-0.2, 0) is 24.3 Å². The second-order valence-electron chi connectivity index (χ2n) is 7.64. The molecule has 172 valence electrons. The van der Waals surface area contributed by atoms with Crippen LogP contribution in [0, 0.1) is 12.8 Å². The van der Waals surface area contributed by atoms with E-state index in [0.29, 0.717) is 0 Å². The SMILES string of the molecule is CC(=O)OC[C@@H]1[C@@H](O)[C@H](OC(=O)c2ccccc2)[C@@H](O)[C@H]1NS(=O)(=O)c1ccc(C)cc1. The second-order valence-corrected chi connectivity index (χ2v) is 9.36. The second kappa shape index (κ2) is 9.78. The number of benzene rings is 2. The largest absolute Gasteiger partial charge is 0.465 e. The maximum atomic E-state index is 12.9. The van der Waals surface area contributed by atoms with E-state index >= 15 is 0 Å². The Hall–Kier alpha value is -2.79. The Morgan fingerprint density at radius 2 is 1.62 bits per heavy atom. The van der Waals surface area contributed by atoms with E-state index in [2.05, 4.69) is 4.72 Å². The summed E-state index contributed by atoms with van der Waals surface area (Å²) in [5.74, 6) is -2.48. The first-order valence-corrected chi connectivity index (χ1v) is 11.4. The normalized spacial score (nSPS) is 25.3. The topological polar surface area (TPSA) is 139 Å². The number of nitrogens with one attached hydrogen (secondary N) is 1. The first-order valence-electron chi connectivity index (χ1n) is 9.94. The fourth-order valence-corrected chi connectivity index (χ4v) is 4.86. The van der Waals surface area contributed by atoms with E-state index in [9.17, 15) is 28.2 Å². The maximum absolute atomic E-state index is 12.9. The van der Waals surface area contributed by atoms with E-state index in [1.54, 1.807) is 30.3 Å². The molecule has 0 spiro atoms. The van der Waals surface area contributed by atoms with E-state index in [4.69, 9.17) is 9.47 Å². The minimum absolute atomic E-state index is 0.0410. The van der Waals surface area contributed by atoms with Crippen LogP contribution < -0.4 is 4.72 Å². The molecule has 9 nitrogen and oxygen atoms in total. The number of aliphatic hydroxyl groups excluding tert-OH is 2. The zero-order chi connectivity index (χ0) is 23.5. The lowest BCUT2D eigenvalue weighted by atomic mass is 10.0. The van der Waals surface area contributed by atoms with Crippen molar-refractivity contribution < 1.29 is 37.7 Å². The Balaban J connectivity index is 1.85. The highest BCUT2D eigenvalue weighted by Gasteiger charge is 2.53. The lowest BCUT2D eigenvalue weighted by Crippen LogP contribution is -2.47. The molecular weight excluding hydrogens is 438 g/mol. The molecule has 32 heavy (non-hydrogen) atoms. The molecule has 0 saturated heterocycles. The number of sulfonamides is 1. The molecule has 0 radical (unpaired) electrons. The van der Waals surface area contributed by atoms with Crippen LogP contribution in [-0.4, -0.2) is 61.5 Å². The molecule has 0 unspecified atom stereocenters. The summed E-state index contributed by atoms with van der Waals surface area (Å²) in [5, 5.41) is 21.5. The fourth-order valence-electron chi connectivity index (χ4n) is 3.56. The predicted molar refractivity (Wildman–Crippen MR) is 113 cm³/mol. The van der Waals surface area contributed by atoms with E-state index < -0.39 is 52.2 Å². The van der Waals surface area contributed by atoms with Crippen LogP contribution in [0.1, 0.15) is 22.8 Å². The van der Waals surface area contributed by atoms with Gasteiger partial charge in [0.15, 0.2) is 6.10 Å². The summed E-state index contributed by atoms with van der Waals surface area (Å²) >= 11 is 0. The monoisotopic (exact) mass is 463 g/mol. The van der Waals surface area contributed by atoms with Crippen LogP contribution in [0.2, 0.25) is 0 Å². The van der Waals surface area contributed by atoms with Crippen molar-refractivity contribution in [3.8, 4) is 0 Å². The van der Waals surface area contributed by atoms with Gasteiger partial charge in [-0.2, -0.15) is 0 Å². The van der Waals surface area contributed by atoms with Crippen molar-refractivity contribution in [3.05, 3.63) is 65.7 Å². The molecule has 10 heteroatoms. The number of esters is 2. The molecule has 0 bridgehead atoms. The minimum atomic E-state index is -4.09. The van der Waals surface area contributed by atoms with Crippen molar-refractivity contribution >= 4 is 22.0 Å². The van der Waals surface area contributed by atoms with Gasteiger partial charge in [-0.15, -0.1) is 0 Å². The molecule has 0 aromatic heterocycles. The van der Waals surface area contributed by atoms with Gasteiger partial charge in [-0.25, -0.2) is 17.9 Å². The molecular formula is C22H25NO8S. The summed E-state index contributed by atoms with van der Waals surface area (Å²) in [5.41, 5.74) is 1.06. The molecule has 2 aromatic carbocycles. The van der Waals surface area contributed by atoms with Crippen molar-refractivity contribution in [2.24, 2.45) is 5.92 Å². The average Bonchev–Trinajstić information content (AvgIpc) is 2.96. The van der Waals surface area contributed by atoms with E-state index in [1.165, 1.54) is 24.3 Å². The number of carbonyl (C=O) groups excluding carboxylic acids is 2. The van der Waals surface area contributed by atoms with E-state index in [-0.39, 0.29) is 17.1 Å². The number of aliphatic hydroxyl groups is 2. The van der Waals surface area contributed by atoms with Gasteiger partial charge in [-0.3, -0.25) is 4.79 Å². The van der Waals surface area contributed by atoms with Crippen molar-refractivity contribution in [3.63, 3.8) is 0 Å². The number of rotatable bonds is 7. The Bertz CT molecular complexity index is 1060.